The van der Waals surface area contributed by atoms with Crippen molar-refractivity contribution in [2.75, 3.05) is 6.61 Å². The number of ether oxygens (including phenoxy) is 1. The Kier molecular flexibility index (Phi) is 9.72. The van der Waals surface area contributed by atoms with Crippen LogP contribution in [0.1, 0.15) is 71.8 Å². The summed E-state index contributed by atoms with van der Waals surface area (Å²) in [7, 11) is 0. The molecule has 0 aliphatic heterocycles. The fourth-order valence-corrected chi connectivity index (χ4v) is 3.46. The molecular formula is C20H34N2O2S2. The van der Waals surface area contributed by atoms with E-state index >= 15 is 0 Å². The van der Waals surface area contributed by atoms with Gasteiger partial charge in [-0.15, -0.1) is 0 Å². The van der Waals surface area contributed by atoms with Gasteiger partial charge in [0.05, 0.1) is 12.0 Å². The topological polar surface area (TPSA) is 47.0 Å². The number of rotatable bonds is 11. The number of hydrogen-bond donors (Lipinski definition) is 1. The molecular weight excluding hydrogens is 364 g/mol. The quantitative estimate of drug-likeness (QED) is 0.276. The zero-order valence-electron chi connectivity index (χ0n) is 16.9. The van der Waals surface area contributed by atoms with Gasteiger partial charge in [-0.3, -0.25) is 4.79 Å². The van der Waals surface area contributed by atoms with Gasteiger partial charge in [-0.25, -0.2) is 0 Å². The van der Waals surface area contributed by atoms with E-state index in [1.165, 1.54) is 0 Å². The number of nitrogens with zero attached hydrogens (tertiary/aromatic N) is 1. The first kappa shape index (κ1) is 23.0. The molecule has 4 nitrogen and oxygen atoms in total. The first-order valence-corrected chi connectivity index (χ1v) is 10.5. The van der Waals surface area contributed by atoms with Gasteiger partial charge in [0, 0.05) is 18.3 Å². The number of nitrogens with one attached hydrogen (secondary N) is 1. The third-order valence-electron chi connectivity index (χ3n) is 5.23. The summed E-state index contributed by atoms with van der Waals surface area (Å²) >= 11 is 10.5. The minimum Gasteiger partial charge on any atom is -0.465 e. The number of carbonyl (C=O) groups excluding carboxylic acids is 1. The molecule has 6 heteroatoms. The molecule has 26 heavy (non-hydrogen) atoms. The molecule has 1 unspecified atom stereocenters. The Morgan fingerprint density at radius 2 is 1.92 bits per heavy atom. The van der Waals surface area contributed by atoms with Crippen molar-refractivity contribution in [3.63, 3.8) is 0 Å². The molecule has 0 saturated carbocycles. The Morgan fingerprint density at radius 3 is 2.54 bits per heavy atom. The highest BCUT2D eigenvalue weighted by Gasteiger charge is 2.37. The van der Waals surface area contributed by atoms with Crippen LogP contribution >= 0.6 is 24.4 Å². The average Bonchev–Trinajstić information content (AvgIpc) is 2.57. The molecule has 0 aliphatic carbocycles. The van der Waals surface area contributed by atoms with Gasteiger partial charge in [0.25, 0.3) is 0 Å². The second-order valence-electron chi connectivity index (χ2n) is 7.64. The van der Waals surface area contributed by atoms with Crippen LogP contribution in [-0.4, -0.2) is 22.1 Å². The largest absolute Gasteiger partial charge is 0.465 e. The van der Waals surface area contributed by atoms with Crippen molar-refractivity contribution in [1.82, 2.24) is 9.55 Å². The summed E-state index contributed by atoms with van der Waals surface area (Å²) in [5.41, 5.74) is 0.678. The summed E-state index contributed by atoms with van der Waals surface area (Å²) in [4.78, 5) is 15.5. The zero-order chi connectivity index (χ0) is 19.7. The summed E-state index contributed by atoms with van der Waals surface area (Å²) in [5.74, 6) is 0.247. The summed E-state index contributed by atoms with van der Waals surface area (Å²) in [5, 5.41) is 0. The van der Waals surface area contributed by atoms with Crippen LogP contribution in [-0.2, 0) is 16.1 Å². The normalized spacial score (nSPS) is 13.6. The lowest BCUT2D eigenvalue weighted by Crippen LogP contribution is -2.35. The molecule has 0 amide bonds. The Balaban J connectivity index is 2.29. The van der Waals surface area contributed by atoms with Gasteiger partial charge in [-0.2, -0.15) is 0 Å². The van der Waals surface area contributed by atoms with Crippen molar-refractivity contribution in [2.45, 2.75) is 79.7 Å². The number of esters is 1. The lowest BCUT2D eigenvalue weighted by Gasteiger charge is -2.31. The average molecular weight is 399 g/mol. The molecule has 0 aliphatic rings. The van der Waals surface area contributed by atoms with Gasteiger partial charge in [-0.1, -0.05) is 45.8 Å². The first-order valence-electron chi connectivity index (χ1n) is 9.70. The van der Waals surface area contributed by atoms with Gasteiger partial charge in [0.1, 0.15) is 4.64 Å². The predicted octanol–water partition coefficient (Wildman–Crippen LogP) is 6.15. The van der Waals surface area contributed by atoms with Crippen molar-refractivity contribution < 1.29 is 9.53 Å². The van der Waals surface area contributed by atoms with E-state index < -0.39 is 0 Å². The van der Waals surface area contributed by atoms with E-state index in [1.807, 2.05) is 24.6 Å². The molecule has 1 aromatic rings. The number of carbonyl (C=O) groups is 1. The third-order valence-corrected chi connectivity index (χ3v) is 5.99. The van der Waals surface area contributed by atoms with E-state index in [-0.39, 0.29) is 11.4 Å². The van der Waals surface area contributed by atoms with Crippen LogP contribution in [0.25, 0.3) is 0 Å². The van der Waals surface area contributed by atoms with Crippen LogP contribution in [0.15, 0.2) is 6.20 Å². The van der Waals surface area contributed by atoms with Crippen LogP contribution in [0.2, 0.25) is 0 Å². The molecule has 1 rings (SSSR count). The van der Waals surface area contributed by atoms with Crippen LogP contribution in [0.4, 0.5) is 0 Å². The van der Waals surface area contributed by atoms with Crippen LogP contribution in [0.3, 0.4) is 0 Å². The van der Waals surface area contributed by atoms with E-state index in [9.17, 15) is 4.79 Å². The molecule has 0 saturated heterocycles. The van der Waals surface area contributed by atoms with E-state index in [2.05, 4.69) is 25.8 Å². The Hall–Kier alpha value is -1.01. The molecule has 1 heterocycles. The third kappa shape index (κ3) is 6.62. The van der Waals surface area contributed by atoms with Gasteiger partial charge >= 0.3 is 5.97 Å². The summed E-state index contributed by atoms with van der Waals surface area (Å²) < 4.78 is 8.99. The summed E-state index contributed by atoms with van der Waals surface area (Å²) in [6.07, 6.45) is 7.99. The van der Waals surface area contributed by atoms with Crippen molar-refractivity contribution >= 4 is 30.4 Å². The Morgan fingerprint density at radius 1 is 1.27 bits per heavy atom. The highest BCUT2D eigenvalue weighted by Crippen LogP contribution is 2.33. The van der Waals surface area contributed by atoms with Crippen LogP contribution in [0, 0.1) is 27.7 Å². The molecule has 148 valence electrons. The molecule has 1 aromatic heterocycles. The van der Waals surface area contributed by atoms with Crippen LogP contribution in [0.5, 0.6) is 0 Å². The molecule has 0 bridgehead atoms. The van der Waals surface area contributed by atoms with Crippen molar-refractivity contribution in [3.8, 4) is 0 Å². The summed E-state index contributed by atoms with van der Waals surface area (Å²) in [6, 6.07) is 0. The molecule has 1 N–H and O–H groups in total. The fourth-order valence-electron chi connectivity index (χ4n) is 3.00. The highest BCUT2D eigenvalue weighted by atomic mass is 32.1. The SMILES string of the molecule is CCCC(C)(C(=O)OCCCCCCn1cc(C)c(=S)[nH]c1=S)C(C)C. The Bertz CT molecular complexity index is 694. The lowest BCUT2D eigenvalue weighted by molar-refractivity contribution is -0.158. The number of aromatic amines is 1. The van der Waals surface area contributed by atoms with E-state index in [1.54, 1.807) is 0 Å². The zero-order valence-corrected chi connectivity index (χ0v) is 18.5. The minimum atomic E-state index is -0.365. The Labute approximate surface area is 168 Å². The number of H-pyrrole nitrogens is 1. The molecule has 0 fully saturated rings. The first-order chi connectivity index (χ1) is 12.2. The summed E-state index contributed by atoms with van der Waals surface area (Å²) in [6.45, 7) is 11.7. The maximum Gasteiger partial charge on any atom is 0.312 e. The van der Waals surface area contributed by atoms with Gasteiger partial charge in [0.2, 0.25) is 0 Å². The molecule has 0 spiro atoms. The number of aryl methyl sites for hydroxylation is 2. The lowest BCUT2D eigenvalue weighted by atomic mass is 9.75. The van der Waals surface area contributed by atoms with E-state index in [0.717, 1.165) is 50.6 Å². The number of aromatic nitrogens is 2. The second-order valence-corrected chi connectivity index (χ2v) is 8.43. The molecule has 0 aromatic carbocycles. The van der Waals surface area contributed by atoms with Gasteiger partial charge < -0.3 is 14.3 Å². The van der Waals surface area contributed by atoms with E-state index in [0.29, 0.717) is 21.9 Å². The number of hydrogen-bond acceptors (Lipinski definition) is 4. The maximum absolute atomic E-state index is 12.4. The van der Waals surface area contributed by atoms with Crippen molar-refractivity contribution in [1.29, 1.82) is 0 Å². The molecule has 0 radical (unpaired) electrons. The van der Waals surface area contributed by atoms with Gasteiger partial charge in [-0.05, 0) is 57.7 Å². The predicted molar refractivity (Wildman–Crippen MR) is 112 cm³/mol. The van der Waals surface area contributed by atoms with Crippen molar-refractivity contribution in [2.24, 2.45) is 11.3 Å². The smallest absolute Gasteiger partial charge is 0.312 e. The monoisotopic (exact) mass is 398 g/mol. The standard InChI is InChI=1S/C20H34N2O2S2/c1-6-11-20(5,15(2)3)18(23)24-13-10-8-7-9-12-22-14-16(4)17(25)21-19(22)26/h14-15H,6-13H2,1-5H3,(H,21,25,26). The minimum absolute atomic E-state index is 0.0457. The van der Waals surface area contributed by atoms with E-state index in [4.69, 9.17) is 29.2 Å². The highest BCUT2D eigenvalue weighted by molar-refractivity contribution is 7.72. The van der Waals surface area contributed by atoms with Crippen molar-refractivity contribution in [3.05, 3.63) is 21.2 Å². The second kappa shape index (κ2) is 11.0. The fraction of sp³-hybridized carbons (Fsp3) is 0.750. The van der Waals surface area contributed by atoms with Gasteiger partial charge in [0.15, 0.2) is 4.77 Å². The maximum atomic E-state index is 12.4. The van der Waals surface area contributed by atoms with Crippen LogP contribution < -0.4 is 0 Å². The number of unbranched alkanes of at least 4 members (excludes halogenated alkanes) is 3. The molecule has 1 atom stereocenters.